The number of aromatic carboxylic acids is 1. The van der Waals surface area contributed by atoms with Crippen LogP contribution in [0.25, 0.3) is 0 Å². The number of carboxylic acid groups (broad SMARTS) is 1. The van der Waals surface area contributed by atoms with Crippen molar-refractivity contribution in [2.75, 3.05) is 11.4 Å². The molecule has 1 aliphatic heterocycles. The third kappa shape index (κ3) is 3.22. The SMILES string of the molecule is CC(C)(C#N)CCCN1C(=O)Cc2cc(C(=O)O)ccc21. The van der Waals surface area contributed by atoms with Crippen molar-refractivity contribution in [3.63, 3.8) is 0 Å². The number of rotatable bonds is 5. The van der Waals surface area contributed by atoms with Gasteiger partial charge in [0.15, 0.2) is 0 Å². The van der Waals surface area contributed by atoms with Crippen molar-refractivity contribution >= 4 is 17.6 Å². The summed E-state index contributed by atoms with van der Waals surface area (Å²) in [5.74, 6) is -0.998. The molecule has 0 atom stereocenters. The summed E-state index contributed by atoms with van der Waals surface area (Å²) in [6.07, 6.45) is 1.71. The number of carbonyl (C=O) groups is 2. The van der Waals surface area contributed by atoms with Crippen LogP contribution in [0.3, 0.4) is 0 Å². The lowest BCUT2D eigenvalue weighted by Crippen LogP contribution is -2.28. The van der Waals surface area contributed by atoms with Gasteiger partial charge in [-0.2, -0.15) is 5.26 Å². The van der Waals surface area contributed by atoms with Gasteiger partial charge in [-0.3, -0.25) is 4.79 Å². The molecule has 0 aromatic heterocycles. The third-order valence-corrected chi connectivity index (χ3v) is 3.75. The molecule has 0 spiro atoms. The molecule has 0 radical (unpaired) electrons. The molecule has 0 fully saturated rings. The van der Waals surface area contributed by atoms with Crippen molar-refractivity contribution in [1.82, 2.24) is 0 Å². The van der Waals surface area contributed by atoms with Gasteiger partial charge in [-0.1, -0.05) is 0 Å². The number of amides is 1. The van der Waals surface area contributed by atoms with Crippen LogP contribution < -0.4 is 4.90 Å². The normalized spacial score (nSPS) is 14.0. The van der Waals surface area contributed by atoms with Crippen LogP contribution in [0.1, 0.15) is 42.6 Å². The molecule has 0 saturated heterocycles. The van der Waals surface area contributed by atoms with Gasteiger partial charge in [-0.25, -0.2) is 4.79 Å². The fourth-order valence-electron chi connectivity index (χ4n) is 2.50. The van der Waals surface area contributed by atoms with Crippen LogP contribution in [-0.2, 0) is 11.2 Å². The smallest absolute Gasteiger partial charge is 0.335 e. The Morgan fingerprint density at radius 3 is 2.81 bits per heavy atom. The molecule has 0 saturated carbocycles. The average Bonchev–Trinajstić information content (AvgIpc) is 2.74. The Bertz CT molecular complexity index is 629. The zero-order valence-corrected chi connectivity index (χ0v) is 12.2. The van der Waals surface area contributed by atoms with Gasteiger partial charge in [0.05, 0.1) is 23.5 Å². The van der Waals surface area contributed by atoms with E-state index in [0.29, 0.717) is 6.54 Å². The molecule has 5 heteroatoms. The summed E-state index contributed by atoms with van der Waals surface area (Å²) in [6.45, 7) is 4.32. The monoisotopic (exact) mass is 286 g/mol. The van der Waals surface area contributed by atoms with Crippen molar-refractivity contribution in [2.45, 2.75) is 33.1 Å². The van der Waals surface area contributed by atoms with E-state index in [1.807, 2.05) is 13.8 Å². The predicted molar refractivity (Wildman–Crippen MR) is 78.1 cm³/mol. The number of hydrogen-bond donors (Lipinski definition) is 1. The Labute approximate surface area is 123 Å². The van der Waals surface area contributed by atoms with Crippen LogP contribution in [0.15, 0.2) is 18.2 Å². The number of hydrogen-bond acceptors (Lipinski definition) is 3. The van der Waals surface area contributed by atoms with Gasteiger partial charge in [0, 0.05) is 12.2 Å². The van der Waals surface area contributed by atoms with Crippen molar-refractivity contribution in [3.8, 4) is 6.07 Å². The summed E-state index contributed by atoms with van der Waals surface area (Å²) in [7, 11) is 0. The number of nitriles is 1. The summed E-state index contributed by atoms with van der Waals surface area (Å²) < 4.78 is 0. The summed E-state index contributed by atoms with van der Waals surface area (Å²) in [5.41, 5.74) is 1.37. The molecule has 1 N–H and O–H groups in total. The minimum absolute atomic E-state index is 0.0118. The number of anilines is 1. The zero-order chi connectivity index (χ0) is 15.6. The molecule has 1 aromatic carbocycles. The number of carbonyl (C=O) groups excluding carboxylic acids is 1. The fraction of sp³-hybridized carbons (Fsp3) is 0.438. The highest BCUT2D eigenvalue weighted by molar-refractivity contribution is 6.02. The quantitative estimate of drug-likeness (QED) is 0.902. The lowest BCUT2D eigenvalue weighted by molar-refractivity contribution is -0.117. The van der Waals surface area contributed by atoms with Crippen molar-refractivity contribution in [1.29, 1.82) is 5.26 Å². The maximum atomic E-state index is 12.1. The van der Waals surface area contributed by atoms with E-state index in [1.165, 1.54) is 6.07 Å². The number of carboxylic acids is 1. The molecule has 110 valence electrons. The highest BCUT2D eigenvalue weighted by atomic mass is 16.4. The number of nitrogens with zero attached hydrogens (tertiary/aromatic N) is 2. The molecule has 0 aliphatic carbocycles. The minimum atomic E-state index is -0.987. The van der Waals surface area contributed by atoms with Crippen LogP contribution in [-0.4, -0.2) is 23.5 Å². The van der Waals surface area contributed by atoms with Crippen LogP contribution in [0.2, 0.25) is 0 Å². The van der Waals surface area contributed by atoms with Gasteiger partial charge < -0.3 is 10.0 Å². The fourth-order valence-corrected chi connectivity index (χ4v) is 2.50. The first kappa shape index (κ1) is 15.0. The highest BCUT2D eigenvalue weighted by Gasteiger charge is 2.28. The van der Waals surface area contributed by atoms with E-state index in [-0.39, 0.29) is 17.9 Å². The van der Waals surface area contributed by atoms with Crippen molar-refractivity contribution < 1.29 is 14.7 Å². The number of benzene rings is 1. The highest BCUT2D eigenvalue weighted by Crippen LogP contribution is 2.31. The molecule has 1 amide bonds. The van der Waals surface area contributed by atoms with Crippen LogP contribution >= 0.6 is 0 Å². The summed E-state index contributed by atoms with van der Waals surface area (Å²) in [6, 6.07) is 7.03. The molecule has 21 heavy (non-hydrogen) atoms. The topological polar surface area (TPSA) is 81.4 Å². The second-order valence-electron chi connectivity index (χ2n) is 5.97. The maximum Gasteiger partial charge on any atom is 0.335 e. The Morgan fingerprint density at radius 1 is 1.48 bits per heavy atom. The lowest BCUT2D eigenvalue weighted by atomic mass is 9.90. The first-order valence-electron chi connectivity index (χ1n) is 6.92. The first-order valence-corrected chi connectivity index (χ1v) is 6.92. The van der Waals surface area contributed by atoms with Crippen molar-refractivity contribution in [3.05, 3.63) is 29.3 Å². The molecular formula is C16H18N2O3. The Kier molecular flexibility index (Phi) is 3.99. The molecule has 2 rings (SSSR count). The van der Waals surface area contributed by atoms with Crippen LogP contribution in [0, 0.1) is 16.7 Å². The maximum absolute atomic E-state index is 12.1. The second kappa shape index (κ2) is 5.57. The number of fused-ring (bicyclic) bond motifs is 1. The van der Waals surface area contributed by atoms with Gasteiger partial charge in [0.1, 0.15) is 0 Å². The summed E-state index contributed by atoms with van der Waals surface area (Å²) >= 11 is 0. The van der Waals surface area contributed by atoms with E-state index in [2.05, 4.69) is 6.07 Å². The minimum Gasteiger partial charge on any atom is -0.478 e. The molecule has 0 bridgehead atoms. The first-order chi connectivity index (χ1) is 9.84. The van der Waals surface area contributed by atoms with E-state index >= 15 is 0 Å². The molecular weight excluding hydrogens is 268 g/mol. The largest absolute Gasteiger partial charge is 0.478 e. The third-order valence-electron chi connectivity index (χ3n) is 3.75. The molecule has 1 heterocycles. The van der Waals surface area contributed by atoms with Gasteiger partial charge in [-0.15, -0.1) is 0 Å². The summed E-state index contributed by atoms with van der Waals surface area (Å²) in [4.78, 5) is 24.7. The Hall–Kier alpha value is -2.35. The Morgan fingerprint density at radius 2 is 2.19 bits per heavy atom. The van der Waals surface area contributed by atoms with Gasteiger partial charge in [-0.05, 0) is 50.5 Å². The molecule has 1 aliphatic rings. The molecule has 5 nitrogen and oxygen atoms in total. The Balaban J connectivity index is 2.09. The standard InChI is InChI=1S/C16H18N2O3/c1-16(2,10-17)6-3-7-18-13-5-4-11(15(20)21)8-12(13)9-14(18)19/h4-5,8H,3,6-7,9H2,1-2H3,(H,20,21). The van der Waals surface area contributed by atoms with E-state index in [0.717, 1.165) is 24.1 Å². The van der Waals surface area contributed by atoms with E-state index in [1.54, 1.807) is 17.0 Å². The lowest BCUT2D eigenvalue weighted by Gasteiger charge is -2.20. The zero-order valence-electron chi connectivity index (χ0n) is 12.2. The average molecular weight is 286 g/mol. The molecule has 0 unspecified atom stereocenters. The van der Waals surface area contributed by atoms with E-state index in [4.69, 9.17) is 10.4 Å². The van der Waals surface area contributed by atoms with Crippen LogP contribution in [0.4, 0.5) is 5.69 Å². The van der Waals surface area contributed by atoms with Crippen LogP contribution in [0.5, 0.6) is 0 Å². The van der Waals surface area contributed by atoms with Gasteiger partial charge in [0.2, 0.25) is 5.91 Å². The summed E-state index contributed by atoms with van der Waals surface area (Å²) in [5, 5.41) is 18.0. The van der Waals surface area contributed by atoms with Crippen molar-refractivity contribution in [2.24, 2.45) is 5.41 Å². The van der Waals surface area contributed by atoms with Gasteiger partial charge >= 0.3 is 5.97 Å². The second-order valence-corrected chi connectivity index (χ2v) is 5.97. The molecule has 1 aromatic rings. The van der Waals surface area contributed by atoms with Gasteiger partial charge in [0.25, 0.3) is 0 Å². The van der Waals surface area contributed by atoms with E-state index in [9.17, 15) is 9.59 Å². The van der Waals surface area contributed by atoms with E-state index < -0.39 is 11.4 Å². The predicted octanol–water partition coefficient (Wildman–Crippen LogP) is 2.60.